The molecule has 3 heterocycles. The zero-order valence-electron chi connectivity index (χ0n) is 11.1. The van der Waals surface area contributed by atoms with Gasteiger partial charge in [-0.1, -0.05) is 0 Å². The Morgan fingerprint density at radius 1 is 1.24 bits per heavy atom. The fourth-order valence-electron chi connectivity index (χ4n) is 1.63. The number of thiazole rings is 2. The highest BCUT2D eigenvalue weighted by molar-refractivity contribution is 7.16. The zero-order chi connectivity index (χ0) is 14.7. The second-order valence-electron chi connectivity index (χ2n) is 4.06. The van der Waals surface area contributed by atoms with Gasteiger partial charge in [0.1, 0.15) is 14.9 Å². The SMILES string of the molecule is CNC(=O)c1cnc(C=Cc2cnc(-c3ccsc3)s2)s1. The Bertz CT molecular complexity index is 771. The van der Waals surface area contributed by atoms with Gasteiger partial charge < -0.3 is 5.32 Å². The maximum atomic E-state index is 11.5. The summed E-state index contributed by atoms with van der Waals surface area (Å²) in [6.45, 7) is 0. The molecule has 21 heavy (non-hydrogen) atoms. The number of nitrogens with zero attached hydrogens (tertiary/aromatic N) is 2. The number of thiophene rings is 1. The van der Waals surface area contributed by atoms with Gasteiger partial charge in [-0.25, -0.2) is 9.97 Å². The quantitative estimate of drug-likeness (QED) is 0.789. The van der Waals surface area contributed by atoms with Crippen molar-refractivity contribution >= 4 is 52.1 Å². The van der Waals surface area contributed by atoms with E-state index in [9.17, 15) is 4.79 Å². The molecular formula is C14H11N3OS3. The minimum atomic E-state index is -0.107. The van der Waals surface area contributed by atoms with Gasteiger partial charge in [0, 0.05) is 29.1 Å². The van der Waals surface area contributed by atoms with Crippen molar-refractivity contribution in [2.75, 3.05) is 7.05 Å². The largest absolute Gasteiger partial charge is 0.354 e. The molecule has 0 aliphatic rings. The average Bonchev–Trinajstić information content (AvgIpc) is 3.23. The van der Waals surface area contributed by atoms with Gasteiger partial charge in [-0.3, -0.25) is 4.79 Å². The number of amides is 1. The zero-order valence-corrected chi connectivity index (χ0v) is 13.5. The van der Waals surface area contributed by atoms with E-state index in [0.717, 1.165) is 20.5 Å². The van der Waals surface area contributed by atoms with Crippen LogP contribution in [0.4, 0.5) is 0 Å². The average molecular weight is 333 g/mol. The predicted molar refractivity (Wildman–Crippen MR) is 89.9 cm³/mol. The van der Waals surface area contributed by atoms with Crippen LogP contribution in [-0.2, 0) is 0 Å². The number of hydrogen-bond donors (Lipinski definition) is 1. The van der Waals surface area contributed by atoms with E-state index >= 15 is 0 Å². The van der Waals surface area contributed by atoms with Crippen molar-refractivity contribution < 1.29 is 4.79 Å². The summed E-state index contributed by atoms with van der Waals surface area (Å²) in [7, 11) is 1.61. The van der Waals surface area contributed by atoms with Crippen molar-refractivity contribution in [1.82, 2.24) is 15.3 Å². The summed E-state index contributed by atoms with van der Waals surface area (Å²) in [5.41, 5.74) is 1.15. The maximum absolute atomic E-state index is 11.5. The monoisotopic (exact) mass is 333 g/mol. The molecule has 1 amide bonds. The second-order valence-corrected chi connectivity index (χ2v) is 6.96. The van der Waals surface area contributed by atoms with Crippen LogP contribution in [0.3, 0.4) is 0 Å². The number of rotatable bonds is 4. The van der Waals surface area contributed by atoms with Gasteiger partial charge in [0.05, 0.1) is 6.20 Å². The molecular weight excluding hydrogens is 322 g/mol. The normalized spacial score (nSPS) is 11.1. The summed E-state index contributed by atoms with van der Waals surface area (Å²) >= 11 is 4.66. The molecule has 0 bridgehead atoms. The summed E-state index contributed by atoms with van der Waals surface area (Å²) in [6.07, 6.45) is 7.32. The summed E-state index contributed by atoms with van der Waals surface area (Å²) in [5.74, 6) is -0.107. The number of aromatic nitrogens is 2. The minimum absolute atomic E-state index is 0.107. The molecule has 3 aromatic heterocycles. The van der Waals surface area contributed by atoms with Gasteiger partial charge in [0.15, 0.2) is 0 Å². The molecule has 0 fully saturated rings. The van der Waals surface area contributed by atoms with Crippen molar-refractivity contribution in [3.63, 3.8) is 0 Å². The second kappa shape index (κ2) is 6.30. The molecule has 106 valence electrons. The van der Waals surface area contributed by atoms with E-state index in [-0.39, 0.29) is 5.91 Å². The molecule has 4 nitrogen and oxygen atoms in total. The molecule has 0 aromatic carbocycles. The Labute approximate surface area is 133 Å². The van der Waals surface area contributed by atoms with Gasteiger partial charge in [-0.2, -0.15) is 11.3 Å². The third-order valence-electron chi connectivity index (χ3n) is 2.66. The first-order chi connectivity index (χ1) is 10.3. The first kappa shape index (κ1) is 14.1. The van der Waals surface area contributed by atoms with Gasteiger partial charge >= 0.3 is 0 Å². The highest BCUT2D eigenvalue weighted by Gasteiger charge is 2.07. The van der Waals surface area contributed by atoms with Crippen LogP contribution in [0.5, 0.6) is 0 Å². The van der Waals surface area contributed by atoms with Gasteiger partial charge in [0.25, 0.3) is 5.91 Å². The van der Waals surface area contributed by atoms with Crippen molar-refractivity contribution in [2.45, 2.75) is 0 Å². The lowest BCUT2D eigenvalue weighted by molar-refractivity contribution is 0.0967. The smallest absolute Gasteiger partial charge is 0.262 e. The Kier molecular flexibility index (Phi) is 4.23. The lowest BCUT2D eigenvalue weighted by Crippen LogP contribution is -2.16. The maximum Gasteiger partial charge on any atom is 0.262 e. The van der Waals surface area contributed by atoms with Gasteiger partial charge in [-0.05, 0) is 23.6 Å². The Morgan fingerprint density at radius 3 is 2.90 bits per heavy atom. The first-order valence-corrected chi connectivity index (χ1v) is 8.68. The molecule has 0 aliphatic heterocycles. The number of nitrogens with one attached hydrogen (secondary N) is 1. The Morgan fingerprint density at radius 2 is 2.14 bits per heavy atom. The van der Waals surface area contributed by atoms with Crippen LogP contribution < -0.4 is 5.32 Å². The molecule has 0 atom stereocenters. The molecule has 7 heteroatoms. The third kappa shape index (κ3) is 3.26. The fraction of sp³-hybridized carbons (Fsp3) is 0.0714. The highest BCUT2D eigenvalue weighted by Crippen LogP contribution is 2.28. The Hall–Kier alpha value is -1.83. The van der Waals surface area contributed by atoms with E-state index in [0.29, 0.717) is 4.88 Å². The van der Waals surface area contributed by atoms with Crippen molar-refractivity contribution in [3.8, 4) is 10.6 Å². The molecule has 0 saturated heterocycles. The van der Waals surface area contributed by atoms with Crippen molar-refractivity contribution in [1.29, 1.82) is 0 Å². The standard InChI is InChI=1S/C14H11N3OS3/c1-15-13(18)11-7-16-12(21-11)3-2-10-6-17-14(20-10)9-4-5-19-8-9/h2-8H,1H3,(H,15,18). The lowest BCUT2D eigenvalue weighted by Gasteiger charge is -1.90. The van der Waals surface area contributed by atoms with E-state index in [2.05, 4.69) is 26.7 Å². The van der Waals surface area contributed by atoms with Crippen LogP contribution in [0.25, 0.3) is 22.7 Å². The number of hydrogen-bond acceptors (Lipinski definition) is 6. The van der Waals surface area contributed by atoms with Crippen LogP contribution in [-0.4, -0.2) is 22.9 Å². The van der Waals surface area contributed by atoms with E-state index in [1.807, 2.05) is 23.7 Å². The van der Waals surface area contributed by atoms with Crippen molar-refractivity contribution in [2.24, 2.45) is 0 Å². The summed E-state index contributed by atoms with van der Waals surface area (Å²) in [4.78, 5) is 21.8. The number of carbonyl (C=O) groups is 1. The van der Waals surface area contributed by atoms with Crippen LogP contribution >= 0.6 is 34.0 Å². The van der Waals surface area contributed by atoms with Crippen molar-refractivity contribution in [3.05, 3.63) is 44.0 Å². The van der Waals surface area contributed by atoms with Crippen LogP contribution in [0.15, 0.2) is 29.2 Å². The van der Waals surface area contributed by atoms with Crippen LogP contribution in [0, 0.1) is 0 Å². The van der Waals surface area contributed by atoms with Gasteiger partial charge in [0.2, 0.25) is 0 Å². The predicted octanol–water partition coefficient (Wildman–Crippen LogP) is 3.86. The molecule has 0 aliphatic carbocycles. The molecule has 0 unspecified atom stereocenters. The van der Waals surface area contributed by atoms with E-state index in [1.54, 1.807) is 35.9 Å². The van der Waals surface area contributed by atoms with Crippen LogP contribution in [0.1, 0.15) is 19.6 Å². The van der Waals surface area contributed by atoms with E-state index < -0.39 is 0 Å². The fourth-order valence-corrected chi connectivity index (χ4v) is 3.93. The summed E-state index contributed by atoms with van der Waals surface area (Å²) in [6, 6.07) is 2.06. The molecule has 0 radical (unpaired) electrons. The number of carbonyl (C=O) groups excluding carboxylic acids is 1. The topological polar surface area (TPSA) is 54.9 Å². The summed E-state index contributed by atoms with van der Waals surface area (Å²) < 4.78 is 0. The van der Waals surface area contributed by atoms with Gasteiger partial charge in [-0.15, -0.1) is 22.7 Å². The first-order valence-electron chi connectivity index (χ1n) is 6.10. The molecule has 0 spiro atoms. The minimum Gasteiger partial charge on any atom is -0.354 e. The lowest BCUT2D eigenvalue weighted by atomic mass is 10.4. The van der Waals surface area contributed by atoms with E-state index in [4.69, 9.17) is 0 Å². The molecule has 3 rings (SSSR count). The van der Waals surface area contributed by atoms with E-state index in [1.165, 1.54) is 11.3 Å². The summed E-state index contributed by atoms with van der Waals surface area (Å²) in [5, 5.41) is 8.54. The Balaban J connectivity index is 1.74. The molecule has 3 aromatic rings. The third-order valence-corrected chi connectivity index (χ3v) is 5.31. The molecule has 1 N–H and O–H groups in total. The highest BCUT2D eigenvalue weighted by atomic mass is 32.1. The molecule has 0 saturated carbocycles. The van der Waals surface area contributed by atoms with Crippen LogP contribution in [0.2, 0.25) is 0 Å².